The van der Waals surface area contributed by atoms with Crippen molar-refractivity contribution in [3.8, 4) is 11.1 Å². The number of nitrogens with one attached hydrogen (secondary N) is 1. The van der Waals surface area contributed by atoms with E-state index < -0.39 is 5.97 Å². The maximum Gasteiger partial charge on any atom is 0.307 e. The van der Waals surface area contributed by atoms with Crippen LogP contribution in [0.25, 0.3) is 11.1 Å². The van der Waals surface area contributed by atoms with Crippen LogP contribution in [0.3, 0.4) is 0 Å². The molecule has 0 radical (unpaired) electrons. The van der Waals surface area contributed by atoms with Crippen LogP contribution in [0.15, 0.2) is 73.1 Å². The highest BCUT2D eigenvalue weighted by molar-refractivity contribution is 6.05. The molecule has 0 saturated heterocycles. The number of nitrogens with zero attached hydrogens (tertiary/aromatic N) is 1. The summed E-state index contributed by atoms with van der Waals surface area (Å²) in [6.45, 7) is 0. The van der Waals surface area contributed by atoms with E-state index in [-0.39, 0.29) is 12.3 Å². The summed E-state index contributed by atoms with van der Waals surface area (Å²) in [6.07, 6.45) is 3.25. The highest BCUT2D eigenvalue weighted by atomic mass is 16.4. The smallest absolute Gasteiger partial charge is 0.307 e. The second-order valence-corrected chi connectivity index (χ2v) is 5.50. The van der Waals surface area contributed by atoms with Gasteiger partial charge in [0.25, 0.3) is 5.91 Å². The molecule has 0 saturated carbocycles. The van der Waals surface area contributed by atoms with E-state index in [1.165, 1.54) is 0 Å². The lowest BCUT2D eigenvalue weighted by Gasteiger charge is -2.10. The minimum Gasteiger partial charge on any atom is -0.481 e. The zero-order valence-corrected chi connectivity index (χ0v) is 13.3. The molecule has 3 aromatic rings. The van der Waals surface area contributed by atoms with E-state index >= 15 is 0 Å². The van der Waals surface area contributed by atoms with E-state index in [9.17, 15) is 9.59 Å². The average Bonchev–Trinajstić information content (AvgIpc) is 2.64. The zero-order valence-electron chi connectivity index (χ0n) is 13.3. The van der Waals surface area contributed by atoms with Gasteiger partial charge >= 0.3 is 5.97 Å². The van der Waals surface area contributed by atoms with Crippen molar-refractivity contribution in [1.82, 2.24) is 4.98 Å². The first-order valence-electron chi connectivity index (χ1n) is 7.75. The molecule has 0 atom stereocenters. The quantitative estimate of drug-likeness (QED) is 0.748. The van der Waals surface area contributed by atoms with E-state index in [0.717, 1.165) is 11.1 Å². The van der Waals surface area contributed by atoms with Gasteiger partial charge in [0.2, 0.25) is 0 Å². The zero-order chi connectivity index (χ0) is 17.6. The molecule has 0 aliphatic heterocycles. The number of rotatable bonds is 5. The molecule has 2 N–H and O–H groups in total. The van der Waals surface area contributed by atoms with E-state index in [1.807, 2.05) is 24.3 Å². The van der Waals surface area contributed by atoms with Crippen LogP contribution < -0.4 is 5.32 Å². The molecule has 0 aliphatic carbocycles. The van der Waals surface area contributed by atoms with Crippen molar-refractivity contribution in [2.24, 2.45) is 0 Å². The van der Waals surface area contributed by atoms with E-state index in [4.69, 9.17) is 5.11 Å². The van der Waals surface area contributed by atoms with Crippen LogP contribution in [-0.4, -0.2) is 22.0 Å². The van der Waals surface area contributed by atoms with Gasteiger partial charge in [-0.15, -0.1) is 0 Å². The Kier molecular flexibility index (Phi) is 4.85. The minimum atomic E-state index is -0.943. The Bertz CT molecular complexity index is 908. The number of carbonyl (C=O) groups is 2. The van der Waals surface area contributed by atoms with Crippen LogP contribution in [-0.2, 0) is 11.2 Å². The SMILES string of the molecule is O=C(O)Cc1ccccc1NC(=O)c1cccc(-c2ccncc2)c1. The summed E-state index contributed by atoms with van der Waals surface area (Å²) in [5, 5.41) is 11.8. The first kappa shape index (κ1) is 16.4. The third kappa shape index (κ3) is 4.09. The summed E-state index contributed by atoms with van der Waals surface area (Å²) < 4.78 is 0. The standard InChI is InChI=1S/C20H16N2O3/c23-19(24)13-16-4-1-2-7-18(16)22-20(25)17-6-3-5-15(12-17)14-8-10-21-11-9-14/h1-12H,13H2,(H,22,25)(H,23,24). The lowest BCUT2D eigenvalue weighted by atomic mass is 10.0. The van der Waals surface area contributed by atoms with Crippen molar-refractivity contribution >= 4 is 17.6 Å². The predicted octanol–water partition coefficient (Wildman–Crippen LogP) is 3.63. The number of para-hydroxylation sites is 1. The summed E-state index contributed by atoms with van der Waals surface area (Å²) >= 11 is 0. The molecule has 0 spiro atoms. The molecule has 5 heteroatoms. The molecule has 0 bridgehead atoms. The Balaban J connectivity index is 1.84. The number of hydrogen-bond donors (Lipinski definition) is 2. The molecule has 1 amide bonds. The largest absolute Gasteiger partial charge is 0.481 e. The second kappa shape index (κ2) is 7.40. The molecular weight excluding hydrogens is 316 g/mol. The van der Waals surface area contributed by atoms with Crippen molar-refractivity contribution in [2.75, 3.05) is 5.32 Å². The van der Waals surface area contributed by atoms with Gasteiger partial charge in [-0.2, -0.15) is 0 Å². The second-order valence-electron chi connectivity index (χ2n) is 5.50. The molecule has 25 heavy (non-hydrogen) atoms. The van der Waals surface area contributed by atoms with Gasteiger partial charge in [0.15, 0.2) is 0 Å². The monoisotopic (exact) mass is 332 g/mol. The summed E-state index contributed by atoms with van der Waals surface area (Å²) in [6, 6.07) is 17.9. The number of anilines is 1. The Morgan fingerprint density at radius 1 is 0.920 bits per heavy atom. The van der Waals surface area contributed by atoms with Gasteiger partial charge in [0.05, 0.1) is 6.42 Å². The van der Waals surface area contributed by atoms with Gasteiger partial charge in [-0.05, 0) is 47.0 Å². The number of carboxylic acids is 1. The lowest BCUT2D eigenvalue weighted by Crippen LogP contribution is -2.14. The number of aliphatic carboxylic acids is 1. The Labute approximate surface area is 145 Å². The minimum absolute atomic E-state index is 0.145. The first-order chi connectivity index (χ1) is 12.1. The molecule has 5 nitrogen and oxygen atoms in total. The summed E-state index contributed by atoms with van der Waals surface area (Å²) in [5.41, 5.74) is 3.45. The lowest BCUT2D eigenvalue weighted by molar-refractivity contribution is -0.136. The fraction of sp³-hybridized carbons (Fsp3) is 0.0500. The Hall–Kier alpha value is -3.47. The van der Waals surface area contributed by atoms with E-state index in [2.05, 4.69) is 10.3 Å². The highest BCUT2D eigenvalue weighted by Gasteiger charge is 2.11. The Morgan fingerprint density at radius 3 is 2.44 bits per heavy atom. The summed E-state index contributed by atoms with van der Waals surface area (Å²) in [5.74, 6) is -1.23. The number of pyridine rings is 1. The molecule has 124 valence electrons. The number of hydrogen-bond acceptors (Lipinski definition) is 3. The fourth-order valence-electron chi connectivity index (χ4n) is 2.54. The number of aromatic nitrogens is 1. The molecule has 0 fully saturated rings. The third-order valence-corrected chi connectivity index (χ3v) is 3.75. The normalized spacial score (nSPS) is 10.2. The van der Waals surface area contributed by atoms with Crippen molar-refractivity contribution in [3.63, 3.8) is 0 Å². The number of benzene rings is 2. The Morgan fingerprint density at radius 2 is 1.68 bits per heavy atom. The first-order valence-corrected chi connectivity index (χ1v) is 7.75. The van der Waals surface area contributed by atoms with Crippen molar-refractivity contribution in [3.05, 3.63) is 84.2 Å². The molecule has 2 aromatic carbocycles. The van der Waals surface area contributed by atoms with E-state index in [0.29, 0.717) is 16.8 Å². The van der Waals surface area contributed by atoms with Crippen molar-refractivity contribution in [1.29, 1.82) is 0 Å². The number of amides is 1. The molecule has 0 unspecified atom stereocenters. The van der Waals surface area contributed by atoms with E-state index in [1.54, 1.807) is 48.8 Å². The third-order valence-electron chi connectivity index (χ3n) is 3.75. The predicted molar refractivity (Wildman–Crippen MR) is 95.4 cm³/mol. The maximum atomic E-state index is 12.6. The summed E-state index contributed by atoms with van der Waals surface area (Å²) in [4.78, 5) is 27.5. The van der Waals surface area contributed by atoms with Gasteiger partial charge in [0, 0.05) is 23.6 Å². The van der Waals surface area contributed by atoms with Crippen LogP contribution in [0.2, 0.25) is 0 Å². The molecule has 1 heterocycles. The highest BCUT2D eigenvalue weighted by Crippen LogP contribution is 2.21. The number of carbonyl (C=O) groups excluding carboxylic acids is 1. The molecule has 3 rings (SSSR count). The van der Waals surface area contributed by atoms with Gasteiger partial charge in [-0.25, -0.2) is 0 Å². The molecule has 0 aliphatic rings. The van der Waals surface area contributed by atoms with Crippen molar-refractivity contribution < 1.29 is 14.7 Å². The molecular formula is C20H16N2O3. The van der Waals surface area contributed by atoms with Crippen LogP contribution >= 0.6 is 0 Å². The topological polar surface area (TPSA) is 79.3 Å². The van der Waals surface area contributed by atoms with Gasteiger partial charge in [-0.1, -0.05) is 30.3 Å². The summed E-state index contributed by atoms with van der Waals surface area (Å²) in [7, 11) is 0. The van der Waals surface area contributed by atoms with Gasteiger partial charge in [0.1, 0.15) is 0 Å². The fourth-order valence-corrected chi connectivity index (χ4v) is 2.54. The van der Waals surface area contributed by atoms with Crippen LogP contribution in [0.1, 0.15) is 15.9 Å². The van der Waals surface area contributed by atoms with Crippen LogP contribution in [0, 0.1) is 0 Å². The average molecular weight is 332 g/mol. The number of carboxylic acid groups (broad SMARTS) is 1. The van der Waals surface area contributed by atoms with Gasteiger partial charge < -0.3 is 10.4 Å². The van der Waals surface area contributed by atoms with Gasteiger partial charge in [-0.3, -0.25) is 14.6 Å². The van der Waals surface area contributed by atoms with Crippen molar-refractivity contribution in [2.45, 2.75) is 6.42 Å². The van der Waals surface area contributed by atoms with Crippen LogP contribution in [0.5, 0.6) is 0 Å². The molecule has 1 aromatic heterocycles. The maximum absolute atomic E-state index is 12.6. The van der Waals surface area contributed by atoms with Crippen LogP contribution in [0.4, 0.5) is 5.69 Å².